The molecule has 1 aromatic carbocycles. The van der Waals surface area contributed by atoms with E-state index in [1.165, 1.54) is 25.3 Å². The van der Waals surface area contributed by atoms with E-state index in [2.05, 4.69) is 0 Å². The highest BCUT2D eigenvalue weighted by Crippen LogP contribution is 2.31. The van der Waals surface area contributed by atoms with Gasteiger partial charge in [-0.25, -0.2) is 14.4 Å². The molecule has 0 aliphatic rings. The summed E-state index contributed by atoms with van der Waals surface area (Å²) in [5, 5.41) is 0. The smallest absolute Gasteiger partial charge is 0.468 e. The van der Waals surface area contributed by atoms with E-state index in [-0.39, 0.29) is 49.6 Å². The first-order valence-electron chi connectivity index (χ1n) is 13.9. The van der Waals surface area contributed by atoms with Crippen LogP contribution in [-0.4, -0.2) is 62.5 Å². The van der Waals surface area contributed by atoms with Crippen molar-refractivity contribution in [1.82, 2.24) is 0 Å². The van der Waals surface area contributed by atoms with Crippen molar-refractivity contribution in [3.63, 3.8) is 0 Å². The lowest BCUT2D eigenvalue weighted by molar-refractivity contribution is -0.147. The summed E-state index contributed by atoms with van der Waals surface area (Å²) in [6.45, 7) is 11.1. The average Bonchev–Trinajstić information content (AvgIpc) is 2.88. The highest BCUT2D eigenvalue weighted by atomic mass is 16.8. The van der Waals surface area contributed by atoms with Gasteiger partial charge in [0.1, 0.15) is 17.7 Å². The minimum absolute atomic E-state index is 0.0941. The van der Waals surface area contributed by atoms with Crippen molar-refractivity contribution in [2.75, 3.05) is 20.3 Å². The second-order valence-corrected chi connectivity index (χ2v) is 10.3. The number of carbonyl (C=O) groups is 4. The molecule has 232 valence electrons. The number of hydrogen-bond acceptors (Lipinski definition) is 12. The topological polar surface area (TPSA) is 159 Å². The SMILES string of the molecule is CCCC(C)OC(=O)Oc1cc(C[C@](N)(CCOC(=O)OCC(C)C)C(=O)OC)ccc1OC(=O)O[C@@H](C)CCC. The molecule has 1 unspecified atom stereocenters. The van der Waals surface area contributed by atoms with Crippen molar-refractivity contribution >= 4 is 24.4 Å². The summed E-state index contributed by atoms with van der Waals surface area (Å²) in [7, 11) is 1.19. The van der Waals surface area contributed by atoms with E-state index in [0.29, 0.717) is 18.4 Å². The molecule has 0 saturated heterocycles. The predicted molar refractivity (Wildman–Crippen MR) is 149 cm³/mol. The Morgan fingerprint density at radius 3 is 1.90 bits per heavy atom. The Bertz CT molecular complexity index is 997. The van der Waals surface area contributed by atoms with Crippen molar-refractivity contribution in [3.05, 3.63) is 23.8 Å². The molecular formula is C29H45NO11. The molecule has 0 spiro atoms. The summed E-state index contributed by atoms with van der Waals surface area (Å²) < 4.78 is 36.1. The monoisotopic (exact) mass is 583 g/mol. The first kappa shape index (κ1) is 35.5. The lowest BCUT2D eigenvalue weighted by atomic mass is 9.88. The Morgan fingerprint density at radius 2 is 1.39 bits per heavy atom. The maximum absolute atomic E-state index is 12.6. The summed E-state index contributed by atoms with van der Waals surface area (Å²) in [6.07, 6.45) is -0.937. The van der Waals surface area contributed by atoms with Gasteiger partial charge < -0.3 is 38.9 Å². The van der Waals surface area contributed by atoms with E-state index < -0.39 is 36.1 Å². The molecule has 2 N–H and O–H groups in total. The zero-order valence-electron chi connectivity index (χ0n) is 25.2. The number of carbonyl (C=O) groups excluding carboxylic acids is 4. The Labute approximate surface area is 242 Å². The van der Waals surface area contributed by atoms with E-state index in [1.807, 2.05) is 27.7 Å². The van der Waals surface area contributed by atoms with E-state index in [1.54, 1.807) is 13.8 Å². The lowest BCUT2D eigenvalue weighted by Gasteiger charge is -2.26. The van der Waals surface area contributed by atoms with Crippen LogP contribution in [0.1, 0.15) is 79.2 Å². The maximum atomic E-state index is 12.6. The third kappa shape index (κ3) is 13.6. The Kier molecular flexibility index (Phi) is 15.6. The highest BCUT2D eigenvalue weighted by Gasteiger charge is 2.36. The van der Waals surface area contributed by atoms with Crippen LogP contribution in [0.2, 0.25) is 0 Å². The van der Waals surface area contributed by atoms with Gasteiger partial charge in [0, 0.05) is 12.8 Å². The second-order valence-electron chi connectivity index (χ2n) is 10.3. The Morgan fingerprint density at radius 1 is 0.829 bits per heavy atom. The first-order valence-corrected chi connectivity index (χ1v) is 13.9. The molecule has 0 aliphatic heterocycles. The van der Waals surface area contributed by atoms with Gasteiger partial charge in [0.2, 0.25) is 0 Å². The third-order valence-electron chi connectivity index (χ3n) is 5.79. The Hall–Kier alpha value is -3.54. The number of methoxy groups -OCH3 is 1. The van der Waals surface area contributed by atoms with Gasteiger partial charge in [0.25, 0.3) is 0 Å². The zero-order valence-corrected chi connectivity index (χ0v) is 25.2. The third-order valence-corrected chi connectivity index (χ3v) is 5.79. The van der Waals surface area contributed by atoms with Crippen molar-refractivity contribution in [2.24, 2.45) is 11.7 Å². The van der Waals surface area contributed by atoms with Crippen LogP contribution in [0.25, 0.3) is 0 Å². The largest absolute Gasteiger partial charge is 0.514 e. The van der Waals surface area contributed by atoms with Crippen LogP contribution in [0, 0.1) is 5.92 Å². The van der Waals surface area contributed by atoms with E-state index in [0.717, 1.165) is 12.8 Å². The van der Waals surface area contributed by atoms with Crippen molar-refractivity contribution in [3.8, 4) is 11.5 Å². The molecular weight excluding hydrogens is 538 g/mol. The molecule has 0 amide bonds. The number of esters is 1. The van der Waals surface area contributed by atoms with Crippen LogP contribution in [-0.2, 0) is 34.9 Å². The Balaban J connectivity index is 3.16. The quantitative estimate of drug-likeness (QED) is 0.144. The number of ether oxygens (including phenoxy) is 7. The molecule has 0 radical (unpaired) electrons. The molecule has 1 rings (SSSR count). The molecule has 0 bridgehead atoms. The van der Waals surface area contributed by atoms with E-state index >= 15 is 0 Å². The number of benzene rings is 1. The molecule has 12 heteroatoms. The molecule has 0 heterocycles. The highest BCUT2D eigenvalue weighted by molar-refractivity contribution is 5.81. The minimum atomic E-state index is -1.61. The molecule has 12 nitrogen and oxygen atoms in total. The van der Waals surface area contributed by atoms with Gasteiger partial charge in [-0.1, -0.05) is 46.6 Å². The van der Waals surface area contributed by atoms with E-state index in [9.17, 15) is 19.2 Å². The summed E-state index contributed by atoms with van der Waals surface area (Å²) in [5.41, 5.74) is 5.22. The molecule has 0 aliphatic carbocycles. The van der Waals surface area contributed by atoms with Crippen molar-refractivity contribution < 1.29 is 52.3 Å². The van der Waals surface area contributed by atoms with Crippen LogP contribution >= 0.6 is 0 Å². The fourth-order valence-corrected chi connectivity index (χ4v) is 3.74. The van der Waals surface area contributed by atoms with Crippen molar-refractivity contribution in [1.29, 1.82) is 0 Å². The molecule has 0 aromatic heterocycles. The van der Waals surface area contributed by atoms with Gasteiger partial charge in [-0.05, 0) is 50.3 Å². The summed E-state index contributed by atoms with van der Waals surface area (Å²) in [4.78, 5) is 49.3. The molecule has 1 aromatic rings. The fraction of sp³-hybridized carbons (Fsp3) is 0.655. The number of hydrogen-bond donors (Lipinski definition) is 1. The van der Waals surface area contributed by atoms with Gasteiger partial charge >= 0.3 is 24.4 Å². The number of rotatable bonds is 16. The molecule has 0 fully saturated rings. The van der Waals surface area contributed by atoms with Crippen LogP contribution in [0.15, 0.2) is 18.2 Å². The predicted octanol–water partition coefficient (Wildman–Crippen LogP) is 5.71. The molecule has 0 saturated carbocycles. The fourth-order valence-electron chi connectivity index (χ4n) is 3.74. The van der Waals surface area contributed by atoms with Crippen LogP contribution < -0.4 is 15.2 Å². The van der Waals surface area contributed by atoms with Crippen molar-refractivity contribution in [2.45, 2.75) is 97.8 Å². The van der Waals surface area contributed by atoms with Gasteiger partial charge in [-0.2, -0.15) is 0 Å². The minimum Gasteiger partial charge on any atom is -0.468 e. The van der Waals surface area contributed by atoms with Gasteiger partial charge in [0.15, 0.2) is 11.5 Å². The average molecular weight is 584 g/mol. The number of nitrogens with two attached hydrogens (primary N) is 1. The summed E-state index contributed by atoms with van der Waals surface area (Å²) in [5.74, 6) is -0.861. The summed E-state index contributed by atoms with van der Waals surface area (Å²) >= 11 is 0. The molecule has 41 heavy (non-hydrogen) atoms. The van der Waals surface area contributed by atoms with Crippen LogP contribution in [0.5, 0.6) is 11.5 Å². The second kappa shape index (κ2) is 18.0. The van der Waals surface area contributed by atoms with Crippen LogP contribution in [0.3, 0.4) is 0 Å². The van der Waals surface area contributed by atoms with Gasteiger partial charge in [0.05, 0.1) is 20.3 Å². The van der Waals surface area contributed by atoms with Gasteiger partial charge in [-0.15, -0.1) is 0 Å². The van der Waals surface area contributed by atoms with Gasteiger partial charge in [-0.3, -0.25) is 4.79 Å². The first-order chi connectivity index (χ1) is 19.3. The zero-order chi connectivity index (χ0) is 31.0. The maximum Gasteiger partial charge on any atom is 0.514 e. The molecule has 3 atom stereocenters. The normalized spacial score (nSPS) is 13.8. The van der Waals surface area contributed by atoms with Crippen LogP contribution in [0.4, 0.5) is 14.4 Å². The standard InChI is InChI=1S/C29H45NO11/c1-8-10-20(5)38-27(33)40-23-13-12-22(16-24(23)41-28(34)39-21(6)11-9-2)17-29(30,25(31)35-7)14-15-36-26(32)37-18-19(3)4/h12-13,16,19-21H,8-11,14-15,17-18,30H2,1-7H3/t20-,21?,29+/m0/s1. The summed E-state index contributed by atoms with van der Waals surface area (Å²) in [6, 6.07) is 4.32. The van der Waals surface area contributed by atoms with E-state index in [4.69, 9.17) is 38.9 Å². The lowest BCUT2D eigenvalue weighted by Crippen LogP contribution is -2.51.